The highest BCUT2D eigenvalue weighted by Gasteiger charge is 1.97. The molecule has 10 heavy (non-hydrogen) atoms. The van der Waals surface area contributed by atoms with E-state index >= 15 is 0 Å². The number of halogens is 1. The lowest BCUT2D eigenvalue weighted by molar-refractivity contribution is 0.626. The lowest BCUT2D eigenvalue weighted by Crippen LogP contribution is -1.93. The van der Waals surface area contributed by atoms with Gasteiger partial charge in [-0.1, -0.05) is 5.92 Å². The lowest BCUT2D eigenvalue weighted by Gasteiger charge is -1.93. The van der Waals surface area contributed by atoms with Gasteiger partial charge >= 0.3 is 0 Å². The monoisotopic (exact) mass is 136 g/mol. The van der Waals surface area contributed by atoms with E-state index < -0.39 is 5.82 Å². The van der Waals surface area contributed by atoms with E-state index in [0.717, 1.165) is 6.20 Å². The molecule has 1 heterocycles. The van der Waals surface area contributed by atoms with E-state index in [4.69, 9.17) is 12.2 Å². The Labute approximate surface area is 57.9 Å². The molecule has 1 aromatic heterocycles. The number of hydrogen-bond donors (Lipinski definition) is 1. The molecular weight excluding hydrogens is 131 g/mol. The zero-order valence-corrected chi connectivity index (χ0v) is 5.13. The lowest BCUT2D eigenvalue weighted by atomic mass is 10.3. The van der Waals surface area contributed by atoms with Crippen LogP contribution in [0.2, 0.25) is 0 Å². The molecule has 0 amide bonds. The van der Waals surface area contributed by atoms with Crippen molar-refractivity contribution in [3.8, 4) is 12.3 Å². The Morgan fingerprint density at radius 3 is 2.90 bits per heavy atom. The molecule has 0 bridgehead atoms. The predicted octanol–water partition coefficient (Wildman–Crippen LogP) is 0.784. The van der Waals surface area contributed by atoms with E-state index in [0.29, 0.717) is 5.69 Å². The number of aromatic nitrogens is 1. The number of anilines is 1. The van der Waals surface area contributed by atoms with Gasteiger partial charge in [0.2, 0.25) is 0 Å². The molecule has 2 nitrogen and oxygen atoms in total. The second-order valence-electron chi connectivity index (χ2n) is 1.74. The summed E-state index contributed by atoms with van der Waals surface area (Å²) < 4.78 is 12.4. The summed E-state index contributed by atoms with van der Waals surface area (Å²) in [6.07, 6.45) is 5.98. The number of pyridine rings is 1. The molecule has 0 radical (unpaired) electrons. The predicted molar refractivity (Wildman–Crippen MR) is 36.5 cm³/mol. The molecule has 3 heteroatoms. The smallest absolute Gasteiger partial charge is 0.164 e. The SMILES string of the molecule is C#Cc1cc(N)c(F)cn1. The minimum absolute atomic E-state index is 0.0305. The highest BCUT2D eigenvalue weighted by atomic mass is 19.1. The van der Waals surface area contributed by atoms with E-state index in [1.165, 1.54) is 6.07 Å². The fourth-order valence-electron chi connectivity index (χ4n) is 0.533. The van der Waals surface area contributed by atoms with Crippen molar-refractivity contribution in [1.82, 2.24) is 4.98 Å². The van der Waals surface area contributed by atoms with E-state index in [1.54, 1.807) is 0 Å². The Balaban J connectivity index is 3.20. The molecule has 0 spiro atoms. The molecule has 0 aliphatic rings. The normalized spacial score (nSPS) is 8.80. The largest absolute Gasteiger partial charge is 0.396 e. The maximum Gasteiger partial charge on any atom is 0.164 e. The van der Waals surface area contributed by atoms with Crippen LogP contribution in [0.15, 0.2) is 12.3 Å². The fraction of sp³-hybridized carbons (Fsp3) is 0. The maximum absolute atomic E-state index is 12.4. The van der Waals surface area contributed by atoms with Crippen LogP contribution < -0.4 is 5.73 Å². The third-order valence-corrected chi connectivity index (χ3v) is 1.03. The van der Waals surface area contributed by atoms with E-state index in [-0.39, 0.29) is 5.69 Å². The summed E-state index contributed by atoms with van der Waals surface area (Å²) >= 11 is 0. The summed E-state index contributed by atoms with van der Waals surface area (Å²) in [4.78, 5) is 3.57. The van der Waals surface area contributed by atoms with Crippen molar-refractivity contribution in [3.05, 3.63) is 23.8 Å². The van der Waals surface area contributed by atoms with Gasteiger partial charge in [-0.25, -0.2) is 9.37 Å². The Kier molecular flexibility index (Phi) is 1.55. The van der Waals surface area contributed by atoms with Crippen LogP contribution in [0, 0.1) is 18.2 Å². The molecule has 1 aromatic rings. The van der Waals surface area contributed by atoms with E-state index in [2.05, 4.69) is 10.9 Å². The highest BCUT2D eigenvalue weighted by molar-refractivity contribution is 5.43. The Morgan fingerprint density at radius 1 is 1.70 bits per heavy atom. The van der Waals surface area contributed by atoms with Crippen molar-refractivity contribution in [2.75, 3.05) is 5.73 Å². The first-order valence-electron chi connectivity index (χ1n) is 2.61. The van der Waals surface area contributed by atoms with Gasteiger partial charge in [0.1, 0.15) is 5.69 Å². The van der Waals surface area contributed by atoms with Crippen LogP contribution >= 0.6 is 0 Å². The third-order valence-electron chi connectivity index (χ3n) is 1.03. The van der Waals surface area contributed by atoms with Gasteiger partial charge < -0.3 is 5.73 Å². The molecule has 0 atom stereocenters. The summed E-state index contributed by atoms with van der Waals surface area (Å²) in [5, 5.41) is 0. The molecule has 50 valence electrons. The zero-order valence-electron chi connectivity index (χ0n) is 5.13. The molecular formula is C7H5FN2. The first kappa shape index (κ1) is 6.56. The molecule has 0 aliphatic heterocycles. The molecule has 1 rings (SSSR count). The standard InChI is InChI=1S/C7H5FN2/c1-2-5-3-7(9)6(8)4-10-5/h1,3-4H,(H2,9,10). The molecule has 2 N–H and O–H groups in total. The van der Waals surface area contributed by atoms with Crippen molar-refractivity contribution < 1.29 is 4.39 Å². The number of nitrogens with two attached hydrogens (primary N) is 1. The van der Waals surface area contributed by atoms with Crippen LogP contribution in [0.4, 0.5) is 10.1 Å². The minimum atomic E-state index is -0.543. The van der Waals surface area contributed by atoms with Crippen LogP contribution in [-0.4, -0.2) is 4.98 Å². The highest BCUT2D eigenvalue weighted by Crippen LogP contribution is 2.07. The first-order valence-corrected chi connectivity index (χ1v) is 2.61. The van der Waals surface area contributed by atoms with Crippen molar-refractivity contribution >= 4 is 5.69 Å². The summed E-state index contributed by atoms with van der Waals surface area (Å²) in [5.41, 5.74) is 5.56. The minimum Gasteiger partial charge on any atom is -0.396 e. The van der Waals surface area contributed by atoms with Crippen molar-refractivity contribution in [3.63, 3.8) is 0 Å². The molecule has 0 fully saturated rings. The summed E-state index contributed by atoms with van der Waals surface area (Å²) in [6, 6.07) is 1.31. The number of nitrogen functional groups attached to an aromatic ring is 1. The van der Waals surface area contributed by atoms with Crippen molar-refractivity contribution in [2.45, 2.75) is 0 Å². The van der Waals surface area contributed by atoms with E-state index in [9.17, 15) is 4.39 Å². The average molecular weight is 136 g/mol. The van der Waals surface area contributed by atoms with Gasteiger partial charge in [0.15, 0.2) is 5.82 Å². The van der Waals surface area contributed by atoms with Gasteiger partial charge in [0.05, 0.1) is 11.9 Å². The van der Waals surface area contributed by atoms with Gasteiger partial charge in [-0.05, 0) is 6.07 Å². The molecule has 0 saturated carbocycles. The summed E-state index contributed by atoms with van der Waals surface area (Å²) in [7, 11) is 0. The summed E-state index contributed by atoms with van der Waals surface area (Å²) in [6.45, 7) is 0. The Bertz CT molecular complexity index is 288. The van der Waals surface area contributed by atoms with Crippen LogP contribution in [-0.2, 0) is 0 Å². The third kappa shape index (κ3) is 1.06. The number of terminal acetylenes is 1. The van der Waals surface area contributed by atoms with Gasteiger partial charge in [-0.3, -0.25) is 0 Å². The quantitative estimate of drug-likeness (QED) is 0.535. The van der Waals surface area contributed by atoms with Gasteiger partial charge in [-0.2, -0.15) is 0 Å². The number of hydrogen-bond acceptors (Lipinski definition) is 2. The second-order valence-corrected chi connectivity index (χ2v) is 1.74. The van der Waals surface area contributed by atoms with Crippen molar-refractivity contribution in [1.29, 1.82) is 0 Å². The molecule has 0 aromatic carbocycles. The number of nitrogens with zero attached hydrogens (tertiary/aromatic N) is 1. The van der Waals surface area contributed by atoms with Gasteiger partial charge in [0.25, 0.3) is 0 Å². The Hall–Kier alpha value is -1.56. The molecule has 0 aliphatic carbocycles. The maximum atomic E-state index is 12.4. The summed E-state index contributed by atoms with van der Waals surface area (Å²) in [5.74, 6) is 1.69. The van der Waals surface area contributed by atoms with Gasteiger partial charge in [0, 0.05) is 0 Å². The zero-order chi connectivity index (χ0) is 7.56. The van der Waals surface area contributed by atoms with Crippen LogP contribution in [0.5, 0.6) is 0 Å². The molecule has 0 saturated heterocycles. The van der Waals surface area contributed by atoms with E-state index in [1.807, 2.05) is 0 Å². The number of rotatable bonds is 0. The molecule has 0 unspecified atom stereocenters. The van der Waals surface area contributed by atoms with Gasteiger partial charge in [-0.15, -0.1) is 6.42 Å². The topological polar surface area (TPSA) is 38.9 Å². The van der Waals surface area contributed by atoms with Crippen molar-refractivity contribution in [2.24, 2.45) is 0 Å². The fourth-order valence-corrected chi connectivity index (χ4v) is 0.533. The van der Waals surface area contributed by atoms with Crippen LogP contribution in [0.3, 0.4) is 0 Å². The second kappa shape index (κ2) is 2.36. The van der Waals surface area contributed by atoms with Crippen LogP contribution in [0.1, 0.15) is 5.69 Å². The Morgan fingerprint density at radius 2 is 2.40 bits per heavy atom. The van der Waals surface area contributed by atoms with Crippen LogP contribution in [0.25, 0.3) is 0 Å². The first-order chi connectivity index (χ1) is 4.74. The average Bonchev–Trinajstić information content (AvgIpc) is 1.95.